The maximum atomic E-state index is 8.82. The number of hydrogen-bond donors (Lipinski definition) is 2. The van der Waals surface area contributed by atoms with Gasteiger partial charge in [-0.15, -0.1) is 0 Å². The van der Waals surface area contributed by atoms with Crippen LogP contribution in [0.25, 0.3) is 0 Å². The first-order chi connectivity index (χ1) is 8.01. The maximum absolute atomic E-state index is 8.82. The smallest absolute Gasteiger partial charge is 0.136 e. The molecule has 0 atom stereocenters. The minimum Gasteiger partial charge on any atom is -0.397 e. The van der Waals surface area contributed by atoms with Crippen LogP contribution in [0.2, 0.25) is 0 Å². The summed E-state index contributed by atoms with van der Waals surface area (Å²) in [6.07, 6.45) is 5.06. The van der Waals surface area contributed by atoms with E-state index in [1.807, 2.05) is 26.0 Å². The second-order valence-electron chi connectivity index (χ2n) is 4.01. The molecule has 0 spiro atoms. The maximum Gasteiger partial charge on any atom is 0.136 e. The van der Waals surface area contributed by atoms with Crippen LogP contribution < -0.4 is 11.5 Å². The predicted octanol–water partition coefficient (Wildman–Crippen LogP) is 1.61. The number of hydrogen-bond acceptors (Lipinski definition) is 4. The lowest BCUT2D eigenvalue weighted by molar-refractivity contribution is 0.779. The Kier molecular flexibility index (Phi) is 3.74. The Morgan fingerprint density at radius 2 is 1.76 bits per heavy atom. The van der Waals surface area contributed by atoms with Gasteiger partial charge in [0.2, 0.25) is 0 Å². The molecule has 0 aromatic carbocycles. The Hall–Kier alpha value is -2.46. The minimum absolute atomic E-state index is 0.0296. The van der Waals surface area contributed by atoms with E-state index < -0.39 is 0 Å². The standard InChI is InChI=1S/C13H14N4/c1-8(2)11-4-3-9(10(6-14)7-15)5-12(16)13(11)17/h3-5,8H,16-17H2,1-2H3. The molecule has 0 heterocycles. The molecule has 4 N–H and O–H groups in total. The highest BCUT2D eigenvalue weighted by Gasteiger charge is 2.12. The molecule has 0 bridgehead atoms. The Balaban J connectivity index is 3.40. The third-order valence-corrected chi connectivity index (χ3v) is 2.51. The molecule has 1 aliphatic carbocycles. The van der Waals surface area contributed by atoms with Gasteiger partial charge in [0.05, 0.1) is 11.4 Å². The average molecular weight is 226 g/mol. The quantitative estimate of drug-likeness (QED) is 0.663. The topological polar surface area (TPSA) is 99.6 Å². The lowest BCUT2D eigenvalue weighted by atomic mass is 10.0. The van der Waals surface area contributed by atoms with Crippen molar-refractivity contribution < 1.29 is 0 Å². The summed E-state index contributed by atoms with van der Waals surface area (Å²) in [5.74, 6) is 0.227. The summed E-state index contributed by atoms with van der Waals surface area (Å²) in [4.78, 5) is 0. The minimum atomic E-state index is 0.0296. The number of allylic oxidation sites excluding steroid dienone is 6. The molecule has 0 saturated carbocycles. The number of rotatable bonds is 1. The first-order valence-electron chi connectivity index (χ1n) is 5.21. The Morgan fingerprint density at radius 3 is 2.24 bits per heavy atom. The zero-order chi connectivity index (χ0) is 13.0. The van der Waals surface area contributed by atoms with Crippen molar-refractivity contribution in [1.82, 2.24) is 0 Å². The van der Waals surface area contributed by atoms with E-state index in [4.69, 9.17) is 22.0 Å². The fourth-order valence-corrected chi connectivity index (χ4v) is 1.54. The van der Waals surface area contributed by atoms with Gasteiger partial charge in [-0.25, -0.2) is 0 Å². The summed E-state index contributed by atoms with van der Waals surface area (Å²) < 4.78 is 0. The van der Waals surface area contributed by atoms with Crippen LogP contribution in [0.5, 0.6) is 0 Å². The lowest BCUT2D eigenvalue weighted by Gasteiger charge is -2.10. The third-order valence-electron chi connectivity index (χ3n) is 2.51. The highest BCUT2D eigenvalue weighted by Crippen LogP contribution is 2.23. The van der Waals surface area contributed by atoms with Gasteiger partial charge in [0.15, 0.2) is 0 Å². The molecular weight excluding hydrogens is 212 g/mol. The van der Waals surface area contributed by atoms with E-state index in [0.29, 0.717) is 17.0 Å². The van der Waals surface area contributed by atoms with Crippen molar-refractivity contribution in [1.29, 1.82) is 10.5 Å². The molecule has 1 aliphatic rings. The first-order valence-corrected chi connectivity index (χ1v) is 5.21. The van der Waals surface area contributed by atoms with E-state index in [9.17, 15) is 0 Å². The van der Waals surface area contributed by atoms with E-state index in [1.54, 1.807) is 18.2 Å². The second kappa shape index (κ2) is 5.05. The SMILES string of the molecule is CC(C)C1=C(N)C(N)=CC(=C(C#N)C#N)C=C1. The molecule has 1 rings (SSSR count). The van der Waals surface area contributed by atoms with E-state index in [0.717, 1.165) is 5.57 Å². The highest BCUT2D eigenvalue weighted by atomic mass is 14.7. The van der Waals surface area contributed by atoms with Crippen LogP contribution in [0.4, 0.5) is 0 Å². The second-order valence-corrected chi connectivity index (χ2v) is 4.01. The molecule has 0 aliphatic heterocycles. The van der Waals surface area contributed by atoms with Crippen molar-refractivity contribution in [2.75, 3.05) is 0 Å². The monoisotopic (exact) mass is 226 g/mol. The van der Waals surface area contributed by atoms with Crippen molar-refractivity contribution in [2.24, 2.45) is 17.4 Å². The first kappa shape index (κ1) is 12.6. The van der Waals surface area contributed by atoms with Gasteiger partial charge in [-0.2, -0.15) is 10.5 Å². The molecule has 0 aromatic rings. The summed E-state index contributed by atoms with van der Waals surface area (Å²) in [6, 6.07) is 3.67. The normalized spacial score (nSPS) is 15.1. The molecule has 0 amide bonds. The van der Waals surface area contributed by atoms with E-state index >= 15 is 0 Å². The van der Waals surface area contributed by atoms with Crippen LogP contribution in [0.3, 0.4) is 0 Å². The van der Waals surface area contributed by atoms with Crippen LogP contribution in [0, 0.1) is 28.6 Å². The van der Waals surface area contributed by atoms with Crippen LogP contribution >= 0.6 is 0 Å². The van der Waals surface area contributed by atoms with Gasteiger partial charge in [-0.1, -0.05) is 26.0 Å². The molecule has 0 aromatic heterocycles. The summed E-state index contributed by atoms with van der Waals surface area (Å²) in [6.45, 7) is 4.01. The fourth-order valence-electron chi connectivity index (χ4n) is 1.54. The van der Waals surface area contributed by atoms with Crippen LogP contribution in [-0.4, -0.2) is 0 Å². The van der Waals surface area contributed by atoms with Gasteiger partial charge in [0.1, 0.15) is 17.7 Å². The predicted molar refractivity (Wildman–Crippen MR) is 65.7 cm³/mol. The van der Waals surface area contributed by atoms with Crippen molar-refractivity contribution in [3.63, 3.8) is 0 Å². The molecule has 0 unspecified atom stereocenters. The number of nitriles is 2. The summed E-state index contributed by atoms with van der Waals surface area (Å²) >= 11 is 0. The van der Waals surface area contributed by atoms with Gasteiger partial charge in [0.25, 0.3) is 0 Å². The van der Waals surface area contributed by atoms with E-state index in [-0.39, 0.29) is 11.5 Å². The molecule has 4 heteroatoms. The molecule has 0 radical (unpaired) electrons. The van der Waals surface area contributed by atoms with Crippen LogP contribution in [0.1, 0.15) is 13.8 Å². The van der Waals surface area contributed by atoms with E-state index in [1.165, 1.54) is 0 Å². The van der Waals surface area contributed by atoms with Gasteiger partial charge in [-0.05, 0) is 17.6 Å². The Labute approximate surface area is 101 Å². The molecule has 17 heavy (non-hydrogen) atoms. The van der Waals surface area contributed by atoms with Crippen molar-refractivity contribution in [3.8, 4) is 12.1 Å². The zero-order valence-corrected chi connectivity index (χ0v) is 9.86. The average Bonchev–Trinajstić information content (AvgIpc) is 2.42. The van der Waals surface area contributed by atoms with Crippen molar-refractivity contribution in [2.45, 2.75) is 13.8 Å². The highest BCUT2D eigenvalue weighted by molar-refractivity contribution is 5.56. The Bertz CT molecular complexity index is 515. The van der Waals surface area contributed by atoms with E-state index in [2.05, 4.69) is 0 Å². The largest absolute Gasteiger partial charge is 0.397 e. The molecule has 86 valence electrons. The van der Waals surface area contributed by atoms with Gasteiger partial charge < -0.3 is 11.5 Å². The lowest BCUT2D eigenvalue weighted by Crippen LogP contribution is -2.13. The number of nitrogens with two attached hydrogens (primary N) is 2. The van der Waals surface area contributed by atoms with Crippen LogP contribution in [0.15, 0.2) is 46.3 Å². The van der Waals surface area contributed by atoms with Gasteiger partial charge in [-0.3, -0.25) is 0 Å². The van der Waals surface area contributed by atoms with Gasteiger partial charge >= 0.3 is 0 Å². The molecule has 0 saturated heterocycles. The summed E-state index contributed by atoms with van der Waals surface area (Å²) in [7, 11) is 0. The number of nitrogens with zero attached hydrogens (tertiary/aromatic N) is 2. The Morgan fingerprint density at radius 1 is 1.18 bits per heavy atom. The van der Waals surface area contributed by atoms with Crippen molar-refractivity contribution in [3.05, 3.63) is 46.3 Å². The van der Waals surface area contributed by atoms with Crippen molar-refractivity contribution >= 4 is 0 Å². The third kappa shape index (κ3) is 2.56. The fraction of sp³-hybridized carbons (Fsp3) is 0.231. The van der Waals surface area contributed by atoms with Crippen LogP contribution in [-0.2, 0) is 0 Å². The summed E-state index contributed by atoms with van der Waals surface area (Å²) in [5, 5.41) is 17.6. The summed E-state index contributed by atoms with van der Waals surface area (Å²) in [5.41, 5.74) is 14.1. The molecule has 0 fully saturated rings. The molecular formula is C13H14N4. The molecule has 4 nitrogen and oxygen atoms in total. The van der Waals surface area contributed by atoms with Gasteiger partial charge in [0, 0.05) is 5.57 Å². The zero-order valence-electron chi connectivity index (χ0n) is 9.86.